The molecule has 0 bridgehead atoms. The van der Waals surface area contributed by atoms with Gasteiger partial charge in [0.1, 0.15) is 0 Å². The van der Waals surface area contributed by atoms with E-state index < -0.39 is 0 Å². The Balaban J connectivity index is 1.95. The minimum absolute atomic E-state index is 0.723. The predicted molar refractivity (Wildman–Crippen MR) is 81.4 cm³/mol. The highest BCUT2D eigenvalue weighted by Gasteiger charge is 2.05. The lowest BCUT2D eigenvalue weighted by Gasteiger charge is -2.10. The summed E-state index contributed by atoms with van der Waals surface area (Å²) >= 11 is 0. The van der Waals surface area contributed by atoms with Crippen molar-refractivity contribution in [1.29, 1.82) is 0 Å². The summed E-state index contributed by atoms with van der Waals surface area (Å²) in [6, 6.07) is 7.82. The van der Waals surface area contributed by atoms with E-state index in [-0.39, 0.29) is 0 Å². The van der Waals surface area contributed by atoms with Gasteiger partial charge in [-0.25, -0.2) is 0 Å². The summed E-state index contributed by atoms with van der Waals surface area (Å²) in [5.74, 6) is 0. The van der Waals surface area contributed by atoms with Crippen LogP contribution in [0.15, 0.2) is 36.7 Å². The number of aryl methyl sites for hydroxylation is 2. The molecule has 2 aromatic heterocycles. The van der Waals surface area contributed by atoms with Crippen LogP contribution >= 0.6 is 0 Å². The van der Waals surface area contributed by atoms with Crippen LogP contribution in [0.25, 0.3) is 10.9 Å². The number of benzene rings is 1. The normalized spacial score (nSPS) is 10.9. The zero-order valence-electron chi connectivity index (χ0n) is 11.6. The molecule has 0 atom stereocenters. The first kappa shape index (κ1) is 12.5. The standard InChI is InChI=1S/C15H17N5/c1-10-5-15(17-7-11-8-18-20(2)9-11)13-6-12(16)3-4-14(13)19-10/h3-6,8-9H,7,16H2,1-2H3,(H,17,19). The quantitative estimate of drug-likeness (QED) is 0.715. The number of rotatable bonds is 3. The fourth-order valence-corrected chi connectivity index (χ4v) is 2.28. The summed E-state index contributed by atoms with van der Waals surface area (Å²) in [5.41, 5.74) is 10.7. The van der Waals surface area contributed by atoms with E-state index in [9.17, 15) is 0 Å². The molecule has 0 fully saturated rings. The van der Waals surface area contributed by atoms with Gasteiger partial charge in [-0.3, -0.25) is 9.67 Å². The molecule has 3 aromatic rings. The number of aromatic nitrogens is 3. The third-order valence-electron chi connectivity index (χ3n) is 3.20. The molecule has 2 heterocycles. The molecule has 0 spiro atoms. The third kappa shape index (κ3) is 2.42. The van der Waals surface area contributed by atoms with Crippen LogP contribution in [0.1, 0.15) is 11.3 Å². The van der Waals surface area contributed by atoms with Gasteiger partial charge >= 0.3 is 0 Å². The predicted octanol–water partition coefficient (Wildman–Crippen LogP) is 2.47. The Morgan fingerprint density at radius 2 is 2.15 bits per heavy atom. The molecule has 0 aliphatic rings. The number of hydrogen-bond acceptors (Lipinski definition) is 4. The lowest BCUT2D eigenvalue weighted by atomic mass is 10.1. The summed E-state index contributed by atoms with van der Waals surface area (Å²) in [4.78, 5) is 4.52. The third-order valence-corrected chi connectivity index (χ3v) is 3.20. The first-order chi connectivity index (χ1) is 9.61. The largest absolute Gasteiger partial charge is 0.399 e. The number of nitrogen functional groups attached to an aromatic ring is 1. The average Bonchev–Trinajstić information content (AvgIpc) is 2.82. The summed E-state index contributed by atoms with van der Waals surface area (Å²) < 4.78 is 1.80. The van der Waals surface area contributed by atoms with Gasteiger partial charge in [0, 0.05) is 47.8 Å². The smallest absolute Gasteiger partial charge is 0.0727 e. The van der Waals surface area contributed by atoms with Gasteiger partial charge in [-0.1, -0.05) is 0 Å². The number of pyridine rings is 1. The van der Waals surface area contributed by atoms with Crippen molar-refractivity contribution in [1.82, 2.24) is 14.8 Å². The second-order valence-electron chi connectivity index (χ2n) is 4.96. The van der Waals surface area contributed by atoms with Gasteiger partial charge in [-0.05, 0) is 31.2 Å². The number of fused-ring (bicyclic) bond motifs is 1. The van der Waals surface area contributed by atoms with Crippen molar-refractivity contribution < 1.29 is 0 Å². The van der Waals surface area contributed by atoms with Gasteiger partial charge in [-0.2, -0.15) is 5.10 Å². The number of hydrogen-bond donors (Lipinski definition) is 2. The molecule has 5 heteroatoms. The van der Waals surface area contributed by atoms with Crippen molar-refractivity contribution in [2.24, 2.45) is 7.05 Å². The molecule has 3 N–H and O–H groups in total. The summed E-state index contributed by atoms with van der Waals surface area (Å²) in [7, 11) is 1.91. The molecule has 0 aliphatic heterocycles. The molecule has 3 rings (SSSR count). The van der Waals surface area contributed by atoms with Gasteiger partial charge in [0.15, 0.2) is 0 Å². The first-order valence-electron chi connectivity index (χ1n) is 6.50. The second-order valence-corrected chi connectivity index (χ2v) is 4.96. The van der Waals surface area contributed by atoms with Crippen LogP contribution in [0, 0.1) is 6.92 Å². The monoisotopic (exact) mass is 267 g/mol. The van der Waals surface area contributed by atoms with Crippen LogP contribution in [0.2, 0.25) is 0 Å². The Bertz CT molecular complexity index is 760. The molecule has 0 saturated heterocycles. The maximum Gasteiger partial charge on any atom is 0.0727 e. The molecule has 0 aliphatic carbocycles. The molecular formula is C15H17N5. The summed E-state index contributed by atoms with van der Waals surface area (Å²) in [6.07, 6.45) is 3.86. The van der Waals surface area contributed by atoms with Crippen molar-refractivity contribution in [3.63, 3.8) is 0 Å². The van der Waals surface area contributed by atoms with E-state index in [1.165, 1.54) is 0 Å². The molecular weight excluding hydrogens is 250 g/mol. The molecule has 0 radical (unpaired) electrons. The van der Waals surface area contributed by atoms with Crippen molar-refractivity contribution in [2.45, 2.75) is 13.5 Å². The zero-order valence-corrected chi connectivity index (χ0v) is 11.6. The van der Waals surface area contributed by atoms with Crippen LogP contribution in [0.4, 0.5) is 11.4 Å². The highest BCUT2D eigenvalue weighted by Crippen LogP contribution is 2.25. The number of anilines is 2. The van der Waals surface area contributed by atoms with E-state index in [0.717, 1.165) is 40.1 Å². The highest BCUT2D eigenvalue weighted by atomic mass is 15.2. The van der Waals surface area contributed by atoms with E-state index in [4.69, 9.17) is 5.73 Å². The van der Waals surface area contributed by atoms with E-state index in [1.54, 1.807) is 4.68 Å². The Morgan fingerprint density at radius 1 is 1.30 bits per heavy atom. The summed E-state index contributed by atoms with van der Waals surface area (Å²) in [6.45, 7) is 2.71. The molecule has 20 heavy (non-hydrogen) atoms. The van der Waals surface area contributed by atoms with E-state index >= 15 is 0 Å². The Hall–Kier alpha value is -2.56. The van der Waals surface area contributed by atoms with Gasteiger partial charge < -0.3 is 11.1 Å². The minimum atomic E-state index is 0.723. The van der Waals surface area contributed by atoms with Crippen LogP contribution in [0.5, 0.6) is 0 Å². The van der Waals surface area contributed by atoms with Crippen molar-refractivity contribution in [3.05, 3.63) is 47.9 Å². The molecule has 0 amide bonds. The molecule has 1 aromatic carbocycles. The maximum atomic E-state index is 5.87. The maximum absolute atomic E-state index is 5.87. The highest BCUT2D eigenvalue weighted by molar-refractivity contribution is 5.93. The van der Waals surface area contributed by atoms with Crippen molar-refractivity contribution >= 4 is 22.3 Å². The molecule has 102 valence electrons. The minimum Gasteiger partial charge on any atom is -0.399 e. The fraction of sp³-hybridized carbons (Fsp3) is 0.200. The lowest BCUT2D eigenvalue weighted by molar-refractivity contribution is 0.767. The SMILES string of the molecule is Cc1cc(NCc2cnn(C)c2)c2cc(N)ccc2n1. The average molecular weight is 267 g/mol. The van der Waals surface area contributed by atoms with Gasteiger partial charge in [0.05, 0.1) is 11.7 Å². The van der Waals surface area contributed by atoms with Crippen molar-refractivity contribution in [2.75, 3.05) is 11.1 Å². The zero-order chi connectivity index (χ0) is 14.1. The Labute approximate surface area is 117 Å². The van der Waals surface area contributed by atoms with E-state index in [0.29, 0.717) is 0 Å². The fourth-order valence-electron chi connectivity index (χ4n) is 2.28. The van der Waals surface area contributed by atoms with E-state index in [2.05, 4.69) is 15.4 Å². The number of nitrogens with two attached hydrogens (primary N) is 1. The van der Waals surface area contributed by atoms with Crippen LogP contribution < -0.4 is 11.1 Å². The lowest BCUT2D eigenvalue weighted by Crippen LogP contribution is -2.01. The first-order valence-corrected chi connectivity index (χ1v) is 6.50. The van der Waals surface area contributed by atoms with Crippen molar-refractivity contribution in [3.8, 4) is 0 Å². The van der Waals surface area contributed by atoms with E-state index in [1.807, 2.05) is 50.6 Å². The number of nitrogens with zero attached hydrogens (tertiary/aromatic N) is 3. The molecule has 5 nitrogen and oxygen atoms in total. The van der Waals surface area contributed by atoms with Crippen LogP contribution in [-0.2, 0) is 13.6 Å². The number of nitrogens with one attached hydrogen (secondary N) is 1. The van der Waals surface area contributed by atoms with Gasteiger partial charge in [-0.15, -0.1) is 0 Å². The second kappa shape index (κ2) is 4.85. The van der Waals surface area contributed by atoms with Gasteiger partial charge in [0.25, 0.3) is 0 Å². The van der Waals surface area contributed by atoms with Crippen LogP contribution in [-0.4, -0.2) is 14.8 Å². The van der Waals surface area contributed by atoms with Crippen LogP contribution in [0.3, 0.4) is 0 Å². The Morgan fingerprint density at radius 3 is 2.90 bits per heavy atom. The van der Waals surface area contributed by atoms with Gasteiger partial charge in [0.2, 0.25) is 0 Å². The molecule has 0 unspecified atom stereocenters. The molecule has 0 saturated carbocycles. The summed E-state index contributed by atoms with van der Waals surface area (Å²) in [5, 5.41) is 8.64. The Kier molecular flexibility index (Phi) is 3.02. The topological polar surface area (TPSA) is 68.8 Å².